The van der Waals surface area contributed by atoms with Crippen LogP contribution in [0, 0.1) is 0 Å². The van der Waals surface area contributed by atoms with Crippen LogP contribution in [0.4, 0.5) is 4.79 Å². The second-order valence-corrected chi connectivity index (χ2v) is 1.87. The molecule has 0 aromatic carbocycles. The second kappa shape index (κ2) is 4.49. The number of carbonyl (C=O) groups excluding carboxylic acids is 2. The molecule has 0 radical (unpaired) electrons. The highest BCUT2D eigenvalue weighted by molar-refractivity contribution is 5.98. The Balaban J connectivity index is 4.13. The summed E-state index contributed by atoms with van der Waals surface area (Å²) in [5, 5.41) is 0. The van der Waals surface area contributed by atoms with Gasteiger partial charge in [0.25, 0.3) is 5.91 Å². The fourth-order valence-corrected chi connectivity index (χ4v) is 0.481. The lowest BCUT2D eigenvalue weighted by Crippen LogP contribution is -2.31. The molecule has 0 spiro atoms. The van der Waals surface area contributed by atoms with Crippen molar-refractivity contribution in [1.82, 2.24) is 4.90 Å². The van der Waals surface area contributed by atoms with Crippen molar-refractivity contribution in [2.24, 2.45) is 0 Å². The minimum atomic E-state index is -0.659. The standard InChI is InChI=1S/C7H11NO3/c1-4-5-6(9)8(2)7(10)11-3/h4-5H,1-3H3/b5-4-. The fraction of sp³-hybridized carbons (Fsp3) is 0.429. The number of imide groups is 1. The van der Waals surface area contributed by atoms with Gasteiger partial charge in [-0.3, -0.25) is 4.79 Å². The van der Waals surface area contributed by atoms with Gasteiger partial charge >= 0.3 is 6.09 Å². The summed E-state index contributed by atoms with van der Waals surface area (Å²) in [7, 11) is 2.58. The van der Waals surface area contributed by atoms with Crippen LogP contribution in [0.25, 0.3) is 0 Å². The average Bonchev–Trinajstić information content (AvgIpc) is 2.02. The molecule has 0 aliphatic heterocycles. The molecular formula is C7H11NO3. The topological polar surface area (TPSA) is 46.6 Å². The molecule has 0 aliphatic rings. The molecule has 0 heterocycles. The number of hydrogen-bond donors (Lipinski definition) is 0. The Labute approximate surface area is 65.4 Å². The Hall–Kier alpha value is -1.32. The van der Waals surface area contributed by atoms with Gasteiger partial charge < -0.3 is 4.74 Å². The molecule has 0 aromatic heterocycles. The van der Waals surface area contributed by atoms with E-state index in [-0.39, 0.29) is 5.91 Å². The maximum atomic E-state index is 10.9. The van der Waals surface area contributed by atoms with Crippen molar-refractivity contribution < 1.29 is 14.3 Å². The van der Waals surface area contributed by atoms with Crippen LogP contribution in [0.3, 0.4) is 0 Å². The van der Waals surface area contributed by atoms with Crippen molar-refractivity contribution in [3.63, 3.8) is 0 Å². The number of allylic oxidation sites excluding steroid dienone is 1. The first kappa shape index (κ1) is 9.68. The predicted octanol–water partition coefficient (Wildman–Crippen LogP) is 0.787. The van der Waals surface area contributed by atoms with E-state index in [9.17, 15) is 9.59 Å². The van der Waals surface area contributed by atoms with Crippen molar-refractivity contribution in [3.05, 3.63) is 12.2 Å². The molecule has 0 saturated carbocycles. The SMILES string of the molecule is C/C=C\C(=O)N(C)C(=O)OC. The van der Waals surface area contributed by atoms with Gasteiger partial charge in [0.15, 0.2) is 0 Å². The van der Waals surface area contributed by atoms with Gasteiger partial charge in [0.1, 0.15) is 0 Å². The highest BCUT2D eigenvalue weighted by Crippen LogP contribution is 1.90. The molecule has 0 bridgehead atoms. The molecular weight excluding hydrogens is 146 g/mol. The lowest BCUT2D eigenvalue weighted by Gasteiger charge is -2.09. The Morgan fingerprint density at radius 1 is 1.45 bits per heavy atom. The minimum Gasteiger partial charge on any atom is -0.452 e. The smallest absolute Gasteiger partial charge is 0.416 e. The first-order chi connectivity index (χ1) is 5.13. The normalized spacial score (nSPS) is 9.73. The van der Waals surface area contributed by atoms with Crippen LogP contribution in [-0.4, -0.2) is 31.1 Å². The zero-order chi connectivity index (χ0) is 8.85. The Morgan fingerprint density at radius 3 is 2.36 bits per heavy atom. The van der Waals surface area contributed by atoms with E-state index in [1.807, 2.05) is 0 Å². The van der Waals surface area contributed by atoms with Gasteiger partial charge in [-0.05, 0) is 13.0 Å². The van der Waals surface area contributed by atoms with E-state index in [1.54, 1.807) is 13.0 Å². The van der Waals surface area contributed by atoms with Crippen LogP contribution in [0.2, 0.25) is 0 Å². The summed E-state index contributed by atoms with van der Waals surface area (Å²) in [5.74, 6) is -0.389. The number of carbonyl (C=O) groups is 2. The number of rotatable bonds is 1. The Morgan fingerprint density at radius 2 is 2.00 bits per heavy atom. The summed E-state index contributed by atoms with van der Waals surface area (Å²) in [6, 6.07) is 0. The van der Waals surface area contributed by atoms with Gasteiger partial charge in [-0.25, -0.2) is 9.69 Å². The molecule has 0 N–H and O–H groups in total. The van der Waals surface area contributed by atoms with Crippen molar-refractivity contribution in [1.29, 1.82) is 0 Å². The molecule has 4 nitrogen and oxygen atoms in total. The number of likely N-dealkylation sites (N-methyl/N-ethyl adjacent to an activating group) is 1. The molecule has 0 saturated heterocycles. The monoisotopic (exact) mass is 157 g/mol. The lowest BCUT2D eigenvalue weighted by atomic mass is 10.5. The van der Waals surface area contributed by atoms with Gasteiger partial charge in [0.05, 0.1) is 7.11 Å². The number of hydrogen-bond acceptors (Lipinski definition) is 3. The van der Waals surface area contributed by atoms with Crippen molar-refractivity contribution in [3.8, 4) is 0 Å². The molecule has 62 valence electrons. The number of methoxy groups -OCH3 is 1. The molecule has 0 fully saturated rings. The molecule has 11 heavy (non-hydrogen) atoms. The maximum absolute atomic E-state index is 10.9. The van der Waals surface area contributed by atoms with E-state index in [4.69, 9.17) is 0 Å². The Kier molecular flexibility index (Phi) is 3.95. The summed E-state index contributed by atoms with van der Waals surface area (Å²) in [5.41, 5.74) is 0. The molecule has 0 aliphatic carbocycles. The van der Waals surface area contributed by atoms with E-state index in [0.717, 1.165) is 4.90 Å². The van der Waals surface area contributed by atoms with Crippen molar-refractivity contribution in [2.75, 3.05) is 14.2 Å². The zero-order valence-corrected chi connectivity index (χ0v) is 6.83. The molecule has 4 heteroatoms. The third-order valence-electron chi connectivity index (χ3n) is 1.09. The lowest BCUT2D eigenvalue weighted by molar-refractivity contribution is -0.123. The molecule has 0 aromatic rings. The quantitative estimate of drug-likeness (QED) is 0.528. The van der Waals surface area contributed by atoms with E-state index in [1.165, 1.54) is 20.2 Å². The number of nitrogens with zero attached hydrogens (tertiary/aromatic N) is 1. The summed E-state index contributed by atoms with van der Waals surface area (Å²) in [4.78, 5) is 22.4. The van der Waals surface area contributed by atoms with Gasteiger partial charge in [-0.2, -0.15) is 0 Å². The van der Waals surface area contributed by atoms with Crippen LogP contribution in [0.15, 0.2) is 12.2 Å². The van der Waals surface area contributed by atoms with Crippen LogP contribution in [0.5, 0.6) is 0 Å². The molecule has 0 atom stereocenters. The summed E-state index contributed by atoms with van der Waals surface area (Å²) < 4.78 is 4.31. The summed E-state index contributed by atoms with van der Waals surface area (Å²) in [6.07, 6.45) is 2.19. The highest BCUT2D eigenvalue weighted by Gasteiger charge is 2.12. The highest BCUT2D eigenvalue weighted by atomic mass is 16.5. The van der Waals surface area contributed by atoms with Crippen molar-refractivity contribution in [2.45, 2.75) is 6.92 Å². The van der Waals surface area contributed by atoms with Crippen LogP contribution in [-0.2, 0) is 9.53 Å². The summed E-state index contributed by atoms with van der Waals surface area (Å²) in [6.45, 7) is 1.70. The largest absolute Gasteiger partial charge is 0.452 e. The first-order valence-corrected chi connectivity index (χ1v) is 3.11. The maximum Gasteiger partial charge on any atom is 0.416 e. The van der Waals surface area contributed by atoms with Crippen molar-refractivity contribution >= 4 is 12.0 Å². The average molecular weight is 157 g/mol. The van der Waals surface area contributed by atoms with E-state index in [0.29, 0.717) is 0 Å². The van der Waals surface area contributed by atoms with E-state index >= 15 is 0 Å². The Bertz CT molecular complexity index is 186. The van der Waals surface area contributed by atoms with Gasteiger partial charge in [0, 0.05) is 7.05 Å². The van der Waals surface area contributed by atoms with Gasteiger partial charge in [-0.15, -0.1) is 0 Å². The van der Waals surface area contributed by atoms with Gasteiger partial charge in [-0.1, -0.05) is 6.08 Å². The third-order valence-corrected chi connectivity index (χ3v) is 1.09. The van der Waals surface area contributed by atoms with Crippen LogP contribution >= 0.6 is 0 Å². The van der Waals surface area contributed by atoms with E-state index in [2.05, 4.69) is 4.74 Å². The number of amides is 2. The van der Waals surface area contributed by atoms with Crippen LogP contribution < -0.4 is 0 Å². The first-order valence-electron chi connectivity index (χ1n) is 3.11. The third kappa shape index (κ3) is 2.84. The predicted molar refractivity (Wildman–Crippen MR) is 40.0 cm³/mol. The molecule has 0 unspecified atom stereocenters. The second-order valence-electron chi connectivity index (χ2n) is 1.87. The minimum absolute atomic E-state index is 0.389. The van der Waals surface area contributed by atoms with Crippen LogP contribution in [0.1, 0.15) is 6.92 Å². The zero-order valence-electron chi connectivity index (χ0n) is 6.83. The van der Waals surface area contributed by atoms with Gasteiger partial charge in [0.2, 0.25) is 0 Å². The molecule has 2 amide bonds. The number of ether oxygens (including phenoxy) is 1. The van der Waals surface area contributed by atoms with E-state index < -0.39 is 6.09 Å². The fourth-order valence-electron chi connectivity index (χ4n) is 0.481. The molecule has 0 rings (SSSR count). The summed E-state index contributed by atoms with van der Waals surface area (Å²) >= 11 is 0.